The summed E-state index contributed by atoms with van der Waals surface area (Å²) in [5, 5.41) is 1.06. The van der Waals surface area contributed by atoms with Gasteiger partial charge in [0.25, 0.3) is 0 Å². The van der Waals surface area contributed by atoms with Crippen molar-refractivity contribution in [2.45, 2.75) is 25.4 Å². The number of alkyl halides is 3. The molecular formula is C22H17F4N3. The van der Waals surface area contributed by atoms with Crippen LogP contribution in [-0.2, 0) is 25.4 Å². The number of rotatable bonds is 5. The van der Waals surface area contributed by atoms with Gasteiger partial charge in [0.2, 0.25) is 0 Å². The van der Waals surface area contributed by atoms with Crippen molar-refractivity contribution in [1.29, 1.82) is 0 Å². The number of aryl methyl sites for hydroxylation is 2. The van der Waals surface area contributed by atoms with E-state index in [2.05, 4.69) is 15.0 Å². The summed E-state index contributed by atoms with van der Waals surface area (Å²) < 4.78 is 51.8. The molecule has 3 heterocycles. The molecule has 29 heavy (non-hydrogen) atoms. The molecule has 7 heteroatoms. The van der Waals surface area contributed by atoms with Crippen LogP contribution in [0.1, 0.15) is 27.9 Å². The van der Waals surface area contributed by atoms with E-state index in [1.165, 1.54) is 6.07 Å². The van der Waals surface area contributed by atoms with E-state index >= 15 is 0 Å². The molecule has 148 valence electrons. The highest BCUT2D eigenvalue weighted by Crippen LogP contribution is 2.30. The summed E-state index contributed by atoms with van der Waals surface area (Å²) in [6, 6.07) is 10.4. The number of hydrogen-bond donors (Lipinski definition) is 1. The average Bonchev–Trinajstić information content (AvgIpc) is 3.10. The lowest BCUT2D eigenvalue weighted by molar-refractivity contribution is -0.137. The van der Waals surface area contributed by atoms with Crippen LogP contribution < -0.4 is 0 Å². The zero-order valence-electron chi connectivity index (χ0n) is 15.3. The number of hydrogen-bond acceptors (Lipinski definition) is 2. The van der Waals surface area contributed by atoms with E-state index in [1.807, 2.05) is 30.5 Å². The fourth-order valence-electron chi connectivity index (χ4n) is 3.28. The van der Waals surface area contributed by atoms with Crippen LogP contribution in [0.25, 0.3) is 11.0 Å². The van der Waals surface area contributed by atoms with E-state index in [0.717, 1.165) is 33.9 Å². The summed E-state index contributed by atoms with van der Waals surface area (Å²) >= 11 is 0. The second kappa shape index (κ2) is 7.66. The molecule has 1 aromatic carbocycles. The number of aromatic amines is 1. The van der Waals surface area contributed by atoms with Gasteiger partial charge in [0, 0.05) is 36.1 Å². The first-order chi connectivity index (χ1) is 13.9. The quantitative estimate of drug-likeness (QED) is 0.451. The molecule has 0 amide bonds. The van der Waals surface area contributed by atoms with Crippen molar-refractivity contribution in [3.8, 4) is 0 Å². The van der Waals surface area contributed by atoms with Crippen LogP contribution in [0.15, 0.2) is 61.1 Å². The number of fused-ring (bicyclic) bond motifs is 1. The second-order valence-corrected chi connectivity index (χ2v) is 6.85. The average molecular weight is 399 g/mol. The number of halogens is 4. The molecule has 0 aliphatic heterocycles. The minimum atomic E-state index is -4.54. The van der Waals surface area contributed by atoms with Gasteiger partial charge in [-0.15, -0.1) is 0 Å². The summed E-state index contributed by atoms with van der Waals surface area (Å²) in [5.74, 6) is -0.843. The van der Waals surface area contributed by atoms with Crippen molar-refractivity contribution < 1.29 is 17.6 Å². The molecule has 3 nitrogen and oxygen atoms in total. The Morgan fingerprint density at radius 1 is 0.931 bits per heavy atom. The molecule has 0 saturated heterocycles. The van der Waals surface area contributed by atoms with Crippen LogP contribution in [0.2, 0.25) is 0 Å². The highest BCUT2D eigenvalue weighted by atomic mass is 19.4. The molecular weight excluding hydrogens is 382 g/mol. The van der Waals surface area contributed by atoms with Crippen LogP contribution in [0.5, 0.6) is 0 Å². The predicted molar refractivity (Wildman–Crippen MR) is 102 cm³/mol. The molecule has 0 aliphatic rings. The number of nitrogens with zero attached hydrogens (tertiary/aromatic N) is 2. The maximum absolute atomic E-state index is 14.0. The van der Waals surface area contributed by atoms with Crippen molar-refractivity contribution in [2.75, 3.05) is 0 Å². The molecule has 1 N–H and O–H groups in total. The summed E-state index contributed by atoms with van der Waals surface area (Å²) in [6.07, 6.45) is 2.32. The third kappa shape index (κ3) is 4.29. The number of benzene rings is 1. The van der Waals surface area contributed by atoms with E-state index in [1.54, 1.807) is 12.4 Å². The van der Waals surface area contributed by atoms with Gasteiger partial charge in [0.1, 0.15) is 11.5 Å². The van der Waals surface area contributed by atoms with Gasteiger partial charge in [-0.25, -0.2) is 9.37 Å². The lowest BCUT2D eigenvalue weighted by Gasteiger charge is -2.09. The summed E-state index contributed by atoms with van der Waals surface area (Å²) in [7, 11) is 0. The number of nitrogens with one attached hydrogen (secondary N) is 1. The van der Waals surface area contributed by atoms with Gasteiger partial charge in [-0.05, 0) is 59.9 Å². The molecule has 3 aromatic heterocycles. The van der Waals surface area contributed by atoms with Crippen LogP contribution in [0.3, 0.4) is 0 Å². The highest BCUT2D eigenvalue weighted by molar-refractivity contribution is 5.79. The molecule has 0 atom stereocenters. The Balaban J connectivity index is 1.41. The van der Waals surface area contributed by atoms with Gasteiger partial charge in [-0.1, -0.05) is 12.1 Å². The maximum atomic E-state index is 14.0. The standard InChI is InChI=1S/C22H17F4N3/c23-20-11-17(22(24,25)26)6-4-15(20)5-8-18-7-3-14(12-28-18)10-16-13-29-21-19(16)2-1-9-27-21/h1-4,6-7,9,11-13H,5,8,10H2,(H,27,29). The van der Waals surface area contributed by atoms with Gasteiger partial charge >= 0.3 is 6.18 Å². The Morgan fingerprint density at radius 3 is 2.52 bits per heavy atom. The summed E-state index contributed by atoms with van der Waals surface area (Å²) in [5.41, 5.74) is 3.01. The zero-order valence-corrected chi connectivity index (χ0v) is 15.3. The van der Waals surface area contributed by atoms with Crippen LogP contribution in [-0.4, -0.2) is 15.0 Å². The molecule has 0 bridgehead atoms. The maximum Gasteiger partial charge on any atom is 0.416 e. The van der Waals surface area contributed by atoms with Gasteiger partial charge in [-0.2, -0.15) is 13.2 Å². The largest absolute Gasteiger partial charge is 0.416 e. The first kappa shape index (κ1) is 19.1. The predicted octanol–water partition coefficient (Wildman–Crippen LogP) is 5.49. The minimum absolute atomic E-state index is 0.246. The summed E-state index contributed by atoms with van der Waals surface area (Å²) in [6.45, 7) is 0. The second-order valence-electron chi connectivity index (χ2n) is 6.85. The first-order valence-corrected chi connectivity index (χ1v) is 9.10. The van der Waals surface area contributed by atoms with Crippen molar-refractivity contribution in [2.24, 2.45) is 0 Å². The third-order valence-electron chi connectivity index (χ3n) is 4.85. The van der Waals surface area contributed by atoms with Crippen molar-refractivity contribution in [3.63, 3.8) is 0 Å². The van der Waals surface area contributed by atoms with Gasteiger partial charge < -0.3 is 4.98 Å². The fraction of sp³-hybridized carbons (Fsp3) is 0.182. The summed E-state index contributed by atoms with van der Waals surface area (Å²) in [4.78, 5) is 11.8. The normalized spacial score (nSPS) is 11.9. The smallest absolute Gasteiger partial charge is 0.346 e. The molecule has 0 fully saturated rings. The first-order valence-electron chi connectivity index (χ1n) is 9.10. The number of pyridine rings is 2. The monoisotopic (exact) mass is 399 g/mol. The Labute approximate surface area is 164 Å². The Morgan fingerprint density at radius 2 is 1.79 bits per heavy atom. The van der Waals surface area contributed by atoms with Gasteiger partial charge in [-0.3, -0.25) is 4.98 Å². The van der Waals surface area contributed by atoms with Gasteiger partial charge in [0.15, 0.2) is 0 Å². The Hall–Kier alpha value is -3.22. The van der Waals surface area contributed by atoms with Gasteiger partial charge in [0.05, 0.1) is 5.56 Å². The fourth-order valence-corrected chi connectivity index (χ4v) is 3.28. The zero-order chi connectivity index (χ0) is 20.4. The molecule has 0 aliphatic carbocycles. The minimum Gasteiger partial charge on any atom is -0.346 e. The lowest BCUT2D eigenvalue weighted by Crippen LogP contribution is -2.06. The molecule has 4 rings (SSSR count). The topological polar surface area (TPSA) is 41.6 Å². The van der Waals surface area contributed by atoms with Crippen LogP contribution in [0.4, 0.5) is 17.6 Å². The van der Waals surface area contributed by atoms with Crippen LogP contribution in [0, 0.1) is 5.82 Å². The SMILES string of the molecule is Fc1cc(C(F)(F)F)ccc1CCc1ccc(Cc2c[nH]c3ncccc23)cn1. The van der Waals surface area contributed by atoms with Crippen LogP contribution >= 0.6 is 0 Å². The van der Waals surface area contributed by atoms with E-state index in [4.69, 9.17) is 0 Å². The molecule has 0 saturated carbocycles. The Bertz CT molecular complexity index is 1130. The molecule has 0 spiro atoms. The molecule has 0 radical (unpaired) electrons. The van der Waals surface area contributed by atoms with E-state index in [-0.39, 0.29) is 12.0 Å². The lowest BCUT2D eigenvalue weighted by atomic mass is 10.0. The molecule has 0 unspecified atom stereocenters. The number of H-pyrrole nitrogens is 1. The van der Waals surface area contributed by atoms with E-state index in [9.17, 15) is 17.6 Å². The third-order valence-corrected chi connectivity index (χ3v) is 4.85. The highest BCUT2D eigenvalue weighted by Gasteiger charge is 2.31. The van der Waals surface area contributed by atoms with E-state index in [0.29, 0.717) is 18.9 Å². The van der Waals surface area contributed by atoms with Crippen molar-refractivity contribution >= 4 is 11.0 Å². The van der Waals surface area contributed by atoms with Crippen molar-refractivity contribution in [3.05, 3.63) is 94.8 Å². The van der Waals surface area contributed by atoms with E-state index < -0.39 is 17.6 Å². The van der Waals surface area contributed by atoms with Crippen molar-refractivity contribution in [1.82, 2.24) is 15.0 Å². The molecule has 4 aromatic rings. The number of aromatic nitrogens is 3. The Kier molecular flexibility index (Phi) is 5.05.